The average Bonchev–Trinajstić information content (AvgIpc) is 2.98. The van der Waals surface area contributed by atoms with E-state index in [1.807, 2.05) is 11.5 Å². The normalized spacial score (nSPS) is 20.7. The molecule has 1 aromatic heterocycles. The van der Waals surface area contributed by atoms with Crippen molar-refractivity contribution in [2.45, 2.75) is 62.2 Å². The van der Waals surface area contributed by atoms with Crippen LogP contribution in [0.1, 0.15) is 39.5 Å². The fourth-order valence-electron chi connectivity index (χ4n) is 3.59. The summed E-state index contributed by atoms with van der Waals surface area (Å²) in [6.45, 7) is 4.86. The Kier molecular flexibility index (Phi) is 6.12. The lowest BCUT2D eigenvalue weighted by Gasteiger charge is -2.29. The minimum Gasteiger partial charge on any atom is -0.352 e. The van der Waals surface area contributed by atoms with E-state index in [4.69, 9.17) is 5.14 Å². The second kappa shape index (κ2) is 8.20. The van der Waals surface area contributed by atoms with Gasteiger partial charge in [0, 0.05) is 12.6 Å². The number of carbonyl (C=O) groups excluding carboxylic acids is 1. The van der Waals surface area contributed by atoms with Gasteiger partial charge >= 0.3 is 0 Å². The molecule has 0 aliphatic heterocycles. The quantitative estimate of drug-likeness (QED) is 0.712. The number of nitrogens with zero attached hydrogens (tertiary/aromatic N) is 2. The van der Waals surface area contributed by atoms with Crippen molar-refractivity contribution in [1.29, 1.82) is 0 Å². The summed E-state index contributed by atoms with van der Waals surface area (Å²) in [5, 5.41) is 9.05. The van der Waals surface area contributed by atoms with E-state index < -0.39 is 10.0 Å². The molecule has 3 rings (SSSR count). The minimum atomic E-state index is -3.77. The van der Waals surface area contributed by atoms with Gasteiger partial charge in [-0.3, -0.25) is 4.79 Å². The van der Waals surface area contributed by atoms with Crippen LogP contribution < -0.4 is 10.5 Å². The topological polar surface area (TPSA) is 107 Å². The third-order valence-corrected chi connectivity index (χ3v) is 7.01. The molecule has 0 radical (unpaired) electrons. The number of carbonyl (C=O) groups is 1. The van der Waals surface area contributed by atoms with Crippen LogP contribution in [-0.4, -0.2) is 35.7 Å². The minimum absolute atomic E-state index is 0.0127. The third kappa shape index (κ3) is 4.64. The van der Waals surface area contributed by atoms with Crippen LogP contribution in [0, 0.1) is 5.92 Å². The van der Waals surface area contributed by atoms with Gasteiger partial charge in [0.1, 0.15) is 0 Å². The zero-order valence-corrected chi connectivity index (χ0v) is 17.3. The van der Waals surface area contributed by atoms with Crippen molar-refractivity contribution in [3.8, 4) is 0 Å². The van der Waals surface area contributed by atoms with Crippen LogP contribution in [0.2, 0.25) is 0 Å². The van der Waals surface area contributed by atoms with Gasteiger partial charge in [-0.2, -0.15) is 0 Å². The molecule has 3 N–H and O–H groups in total. The summed E-state index contributed by atoms with van der Waals surface area (Å²) < 4.78 is 25.1. The summed E-state index contributed by atoms with van der Waals surface area (Å²) in [5.41, 5.74) is 1.39. The van der Waals surface area contributed by atoms with Gasteiger partial charge in [0.15, 0.2) is 5.16 Å². The first-order valence-electron chi connectivity index (χ1n) is 9.25. The molecule has 0 bridgehead atoms. The highest BCUT2D eigenvalue weighted by Gasteiger charge is 2.23. The van der Waals surface area contributed by atoms with Gasteiger partial charge in [0.05, 0.1) is 21.7 Å². The van der Waals surface area contributed by atoms with Gasteiger partial charge < -0.3 is 9.88 Å². The third-order valence-electron chi connectivity index (χ3n) is 5.12. The van der Waals surface area contributed by atoms with E-state index in [0.717, 1.165) is 18.4 Å². The highest BCUT2D eigenvalue weighted by Crippen LogP contribution is 2.27. The highest BCUT2D eigenvalue weighted by atomic mass is 32.2. The van der Waals surface area contributed by atoms with Crippen LogP contribution >= 0.6 is 11.8 Å². The molecule has 1 heterocycles. The van der Waals surface area contributed by atoms with E-state index in [2.05, 4.69) is 17.2 Å². The maximum Gasteiger partial charge on any atom is 0.238 e. The fraction of sp³-hybridized carbons (Fsp3) is 0.556. The molecule has 1 aromatic carbocycles. The summed E-state index contributed by atoms with van der Waals surface area (Å²) >= 11 is 1.37. The number of fused-ring (bicyclic) bond motifs is 1. The molecule has 1 fully saturated rings. The van der Waals surface area contributed by atoms with Crippen molar-refractivity contribution in [2.75, 3.05) is 5.75 Å². The summed E-state index contributed by atoms with van der Waals surface area (Å²) in [6.07, 6.45) is 4.61. The number of imidazole rings is 1. The Morgan fingerprint density at radius 1 is 1.37 bits per heavy atom. The van der Waals surface area contributed by atoms with Gasteiger partial charge in [-0.05, 0) is 43.9 Å². The monoisotopic (exact) mass is 410 g/mol. The van der Waals surface area contributed by atoms with Crippen molar-refractivity contribution < 1.29 is 13.2 Å². The molecule has 0 spiro atoms. The number of aryl methyl sites for hydroxylation is 1. The molecule has 2 atom stereocenters. The summed E-state index contributed by atoms with van der Waals surface area (Å²) in [4.78, 5) is 16.9. The molecule has 1 aliphatic carbocycles. The zero-order chi connectivity index (χ0) is 19.6. The summed E-state index contributed by atoms with van der Waals surface area (Å²) in [7, 11) is -3.77. The SMILES string of the molecule is CCn1c(SCC(=O)N[C@@H]2CCCC[C@H]2C)nc2cc(S(N)(=O)=O)ccc21. The molecule has 1 amide bonds. The molecule has 7 nitrogen and oxygen atoms in total. The van der Waals surface area contributed by atoms with Crippen molar-refractivity contribution in [3.05, 3.63) is 18.2 Å². The maximum absolute atomic E-state index is 12.4. The van der Waals surface area contributed by atoms with Gasteiger partial charge in [0.2, 0.25) is 15.9 Å². The van der Waals surface area contributed by atoms with Gasteiger partial charge in [-0.15, -0.1) is 0 Å². The molecule has 148 valence electrons. The summed E-state index contributed by atoms with van der Waals surface area (Å²) in [6, 6.07) is 4.93. The first-order chi connectivity index (χ1) is 12.8. The first kappa shape index (κ1) is 20.2. The average molecular weight is 411 g/mol. The highest BCUT2D eigenvalue weighted by molar-refractivity contribution is 7.99. The number of rotatable bonds is 6. The predicted molar refractivity (Wildman–Crippen MR) is 107 cm³/mol. The molecule has 1 saturated carbocycles. The molecule has 1 aliphatic rings. The largest absolute Gasteiger partial charge is 0.352 e. The zero-order valence-electron chi connectivity index (χ0n) is 15.6. The lowest BCUT2D eigenvalue weighted by Crippen LogP contribution is -2.41. The van der Waals surface area contributed by atoms with Crippen LogP contribution in [0.5, 0.6) is 0 Å². The van der Waals surface area contributed by atoms with Gasteiger partial charge in [-0.25, -0.2) is 18.5 Å². The van der Waals surface area contributed by atoms with Crippen LogP contribution in [0.4, 0.5) is 0 Å². The molecule has 27 heavy (non-hydrogen) atoms. The van der Waals surface area contributed by atoms with E-state index >= 15 is 0 Å². The standard InChI is InChI=1S/C18H26N4O3S2/c1-3-22-16-9-8-13(27(19,24)25)10-15(16)21-18(22)26-11-17(23)20-14-7-5-4-6-12(14)2/h8-10,12,14H,3-7,11H2,1-2H3,(H,20,23)(H2,19,24,25)/t12-,14-/m1/s1. The van der Waals surface area contributed by atoms with E-state index in [-0.39, 0.29) is 22.6 Å². The van der Waals surface area contributed by atoms with Crippen molar-refractivity contribution >= 4 is 38.7 Å². The van der Waals surface area contributed by atoms with E-state index in [0.29, 0.717) is 23.1 Å². The maximum atomic E-state index is 12.4. The first-order valence-corrected chi connectivity index (χ1v) is 11.8. The van der Waals surface area contributed by atoms with Crippen molar-refractivity contribution in [3.63, 3.8) is 0 Å². The fourth-order valence-corrected chi connectivity index (χ4v) is 5.01. The number of primary sulfonamides is 1. The number of aromatic nitrogens is 2. The van der Waals surface area contributed by atoms with Crippen molar-refractivity contribution in [2.24, 2.45) is 11.1 Å². The number of nitrogens with one attached hydrogen (secondary N) is 1. The predicted octanol–water partition coefficient (Wildman–Crippen LogP) is 2.49. The van der Waals surface area contributed by atoms with Gasteiger partial charge in [-0.1, -0.05) is 31.5 Å². The Labute approximate surface area is 164 Å². The Hall–Kier alpha value is -1.58. The van der Waals surface area contributed by atoms with Crippen LogP contribution in [0.3, 0.4) is 0 Å². The number of hydrogen-bond donors (Lipinski definition) is 2. The van der Waals surface area contributed by atoms with Crippen LogP contribution in [-0.2, 0) is 21.4 Å². The number of hydrogen-bond acceptors (Lipinski definition) is 5. The Bertz CT molecular complexity index is 939. The second-order valence-electron chi connectivity index (χ2n) is 7.06. The van der Waals surface area contributed by atoms with E-state index in [1.165, 1.54) is 36.7 Å². The number of benzene rings is 1. The number of thioether (sulfide) groups is 1. The molecule has 2 aromatic rings. The second-order valence-corrected chi connectivity index (χ2v) is 9.56. The lowest BCUT2D eigenvalue weighted by atomic mass is 9.86. The number of amides is 1. The van der Waals surface area contributed by atoms with Crippen LogP contribution in [0.15, 0.2) is 28.3 Å². The smallest absolute Gasteiger partial charge is 0.238 e. The molecule has 0 saturated heterocycles. The van der Waals surface area contributed by atoms with E-state index in [1.54, 1.807) is 6.07 Å². The van der Waals surface area contributed by atoms with Crippen LogP contribution in [0.25, 0.3) is 11.0 Å². The number of nitrogens with two attached hydrogens (primary N) is 1. The van der Waals surface area contributed by atoms with Crippen molar-refractivity contribution in [1.82, 2.24) is 14.9 Å². The molecular weight excluding hydrogens is 384 g/mol. The molecule has 0 unspecified atom stereocenters. The number of sulfonamides is 1. The Morgan fingerprint density at radius 3 is 2.78 bits per heavy atom. The Morgan fingerprint density at radius 2 is 2.11 bits per heavy atom. The summed E-state index contributed by atoms with van der Waals surface area (Å²) in [5.74, 6) is 0.817. The van der Waals surface area contributed by atoms with E-state index in [9.17, 15) is 13.2 Å². The van der Waals surface area contributed by atoms with Gasteiger partial charge in [0.25, 0.3) is 0 Å². The molecular formula is C18H26N4O3S2. The lowest BCUT2D eigenvalue weighted by molar-refractivity contribution is -0.119. The Balaban J connectivity index is 1.73. The molecule has 9 heteroatoms.